The molecule has 2 rings (SSSR count). The van der Waals surface area contributed by atoms with Crippen LogP contribution < -0.4 is 10.6 Å². The van der Waals surface area contributed by atoms with E-state index in [-0.39, 0.29) is 6.04 Å². The maximum atomic E-state index is 12.5. The van der Waals surface area contributed by atoms with Crippen molar-refractivity contribution in [2.45, 2.75) is 38.9 Å². The van der Waals surface area contributed by atoms with Crippen molar-refractivity contribution in [1.29, 1.82) is 0 Å². The van der Waals surface area contributed by atoms with Crippen LogP contribution in [0.5, 0.6) is 0 Å². The van der Waals surface area contributed by atoms with Crippen LogP contribution in [-0.4, -0.2) is 80.8 Å². The lowest BCUT2D eigenvalue weighted by atomic mass is 9.92. The molecule has 5 nitrogen and oxygen atoms in total. The van der Waals surface area contributed by atoms with Crippen molar-refractivity contribution in [1.82, 2.24) is 20.4 Å². The highest BCUT2D eigenvalue weighted by atomic mass is 19.4. The highest BCUT2D eigenvalue weighted by Crippen LogP contribution is 2.21. The molecule has 0 bridgehead atoms. The second-order valence-corrected chi connectivity index (χ2v) is 7.68. The van der Waals surface area contributed by atoms with E-state index in [1.54, 1.807) is 7.05 Å². The standard InChI is InChI=1S/C17H32F3N5/c1-13-8-14(2)10-24(9-13)7-5-22-16(21-3)23-15-4-6-25(11-15)12-17(18,19)20/h13-15H,4-12H2,1-3H3,(H2,21,22,23). The van der Waals surface area contributed by atoms with Crippen molar-refractivity contribution >= 4 is 5.96 Å². The quantitative estimate of drug-likeness (QED) is 0.577. The number of nitrogens with zero attached hydrogens (tertiary/aromatic N) is 3. The Morgan fingerprint density at radius 2 is 1.80 bits per heavy atom. The van der Waals surface area contributed by atoms with Gasteiger partial charge in [-0.25, -0.2) is 0 Å². The van der Waals surface area contributed by atoms with Crippen LogP contribution in [0.1, 0.15) is 26.7 Å². The molecule has 2 fully saturated rings. The van der Waals surface area contributed by atoms with Crippen LogP contribution in [0.15, 0.2) is 4.99 Å². The van der Waals surface area contributed by atoms with E-state index in [9.17, 15) is 13.2 Å². The molecule has 2 saturated heterocycles. The third-order valence-corrected chi connectivity index (χ3v) is 4.90. The van der Waals surface area contributed by atoms with E-state index in [1.807, 2.05) is 0 Å². The molecule has 2 heterocycles. The topological polar surface area (TPSA) is 42.9 Å². The van der Waals surface area contributed by atoms with Gasteiger partial charge in [-0.1, -0.05) is 13.8 Å². The van der Waals surface area contributed by atoms with Crippen LogP contribution >= 0.6 is 0 Å². The molecular formula is C17H32F3N5. The van der Waals surface area contributed by atoms with E-state index in [1.165, 1.54) is 11.3 Å². The zero-order chi connectivity index (χ0) is 18.4. The van der Waals surface area contributed by atoms with Crippen molar-refractivity contribution in [3.63, 3.8) is 0 Å². The van der Waals surface area contributed by atoms with Gasteiger partial charge < -0.3 is 15.5 Å². The van der Waals surface area contributed by atoms with E-state index in [4.69, 9.17) is 0 Å². The summed E-state index contributed by atoms with van der Waals surface area (Å²) in [5.41, 5.74) is 0. The van der Waals surface area contributed by atoms with E-state index >= 15 is 0 Å². The number of alkyl halides is 3. The number of hydrogen-bond donors (Lipinski definition) is 2. The summed E-state index contributed by atoms with van der Waals surface area (Å²) in [6, 6.07) is 0.0172. The highest BCUT2D eigenvalue weighted by Gasteiger charge is 2.34. The van der Waals surface area contributed by atoms with Gasteiger partial charge in [-0.3, -0.25) is 9.89 Å². The lowest BCUT2D eigenvalue weighted by Gasteiger charge is -2.35. The Balaban J connectivity index is 1.67. The van der Waals surface area contributed by atoms with Crippen LogP contribution in [-0.2, 0) is 0 Å². The van der Waals surface area contributed by atoms with Crippen molar-refractivity contribution in [2.75, 3.05) is 52.9 Å². The van der Waals surface area contributed by atoms with Gasteiger partial charge in [-0.05, 0) is 24.7 Å². The number of halogens is 3. The molecule has 0 aromatic heterocycles. The van der Waals surface area contributed by atoms with Crippen molar-refractivity contribution < 1.29 is 13.2 Å². The largest absolute Gasteiger partial charge is 0.401 e. The normalized spacial score (nSPS) is 29.8. The number of aliphatic imine (C=N–C) groups is 1. The Morgan fingerprint density at radius 1 is 1.12 bits per heavy atom. The molecule has 2 aliphatic heterocycles. The average molecular weight is 363 g/mol. The summed E-state index contributed by atoms with van der Waals surface area (Å²) in [5, 5.41) is 6.54. The summed E-state index contributed by atoms with van der Waals surface area (Å²) < 4.78 is 37.4. The Labute approximate surface area is 149 Å². The molecule has 0 aromatic rings. The molecule has 2 aliphatic rings. The molecule has 3 atom stereocenters. The third-order valence-electron chi connectivity index (χ3n) is 4.90. The molecule has 25 heavy (non-hydrogen) atoms. The Hall–Kier alpha value is -1.02. The molecule has 0 aliphatic carbocycles. The first-order chi connectivity index (χ1) is 11.7. The minimum absolute atomic E-state index is 0.0172. The van der Waals surface area contributed by atoms with Gasteiger partial charge in [-0.15, -0.1) is 0 Å². The molecule has 0 aromatic carbocycles. The number of rotatable bonds is 5. The smallest absolute Gasteiger partial charge is 0.355 e. The summed E-state index contributed by atoms with van der Waals surface area (Å²) in [4.78, 5) is 8.12. The van der Waals surface area contributed by atoms with Gasteiger partial charge in [0.2, 0.25) is 0 Å². The number of piperidine rings is 1. The lowest BCUT2D eigenvalue weighted by molar-refractivity contribution is -0.143. The zero-order valence-electron chi connectivity index (χ0n) is 15.6. The van der Waals surface area contributed by atoms with E-state index in [0.717, 1.165) is 38.0 Å². The molecule has 0 radical (unpaired) electrons. The van der Waals surface area contributed by atoms with Crippen LogP contribution in [0.3, 0.4) is 0 Å². The molecule has 0 spiro atoms. The fraction of sp³-hybridized carbons (Fsp3) is 0.941. The summed E-state index contributed by atoms with van der Waals surface area (Å²) in [5.74, 6) is 2.15. The van der Waals surface area contributed by atoms with Gasteiger partial charge in [-0.2, -0.15) is 13.2 Å². The second kappa shape index (κ2) is 9.07. The molecule has 2 N–H and O–H groups in total. The number of likely N-dealkylation sites (tertiary alicyclic amines) is 2. The zero-order valence-corrected chi connectivity index (χ0v) is 15.6. The summed E-state index contributed by atoms with van der Waals surface area (Å²) >= 11 is 0. The van der Waals surface area contributed by atoms with E-state index < -0.39 is 12.7 Å². The van der Waals surface area contributed by atoms with Gasteiger partial charge in [0.15, 0.2) is 5.96 Å². The first-order valence-corrected chi connectivity index (χ1v) is 9.24. The van der Waals surface area contributed by atoms with Gasteiger partial charge in [0.25, 0.3) is 0 Å². The molecule has 3 unspecified atom stereocenters. The van der Waals surface area contributed by atoms with Crippen molar-refractivity contribution in [3.8, 4) is 0 Å². The predicted molar refractivity (Wildman–Crippen MR) is 94.8 cm³/mol. The minimum Gasteiger partial charge on any atom is -0.355 e. The Morgan fingerprint density at radius 3 is 2.40 bits per heavy atom. The van der Waals surface area contributed by atoms with Crippen LogP contribution in [0.4, 0.5) is 13.2 Å². The van der Waals surface area contributed by atoms with Crippen molar-refractivity contribution in [2.24, 2.45) is 16.8 Å². The monoisotopic (exact) mass is 363 g/mol. The summed E-state index contributed by atoms with van der Waals surface area (Å²) in [6.07, 6.45) is -2.13. The third kappa shape index (κ3) is 7.40. The summed E-state index contributed by atoms with van der Waals surface area (Å²) in [7, 11) is 1.70. The lowest BCUT2D eigenvalue weighted by Crippen LogP contribution is -2.48. The number of nitrogens with one attached hydrogen (secondary N) is 2. The number of hydrogen-bond acceptors (Lipinski definition) is 3. The molecular weight excluding hydrogens is 331 g/mol. The SMILES string of the molecule is CN=C(NCCN1CC(C)CC(C)C1)NC1CCN(CC(F)(F)F)C1. The van der Waals surface area contributed by atoms with Gasteiger partial charge in [0.1, 0.15) is 0 Å². The van der Waals surface area contributed by atoms with Gasteiger partial charge in [0, 0.05) is 52.4 Å². The number of guanidine groups is 1. The minimum atomic E-state index is -4.13. The van der Waals surface area contributed by atoms with Gasteiger partial charge in [0.05, 0.1) is 6.54 Å². The fourth-order valence-electron chi connectivity index (χ4n) is 4.04. The van der Waals surface area contributed by atoms with Gasteiger partial charge >= 0.3 is 6.18 Å². The second-order valence-electron chi connectivity index (χ2n) is 7.68. The van der Waals surface area contributed by atoms with Crippen LogP contribution in [0.2, 0.25) is 0 Å². The van der Waals surface area contributed by atoms with Crippen molar-refractivity contribution in [3.05, 3.63) is 0 Å². The predicted octanol–water partition coefficient (Wildman–Crippen LogP) is 1.77. The molecule has 146 valence electrons. The maximum absolute atomic E-state index is 12.5. The van der Waals surface area contributed by atoms with Crippen LogP contribution in [0, 0.1) is 11.8 Å². The Kier molecular flexibility index (Phi) is 7.37. The highest BCUT2D eigenvalue weighted by molar-refractivity contribution is 5.80. The van der Waals surface area contributed by atoms with Crippen LogP contribution in [0.25, 0.3) is 0 Å². The fourth-order valence-corrected chi connectivity index (χ4v) is 4.04. The van der Waals surface area contributed by atoms with E-state index in [0.29, 0.717) is 25.5 Å². The molecule has 8 heteroatoms. The average Bonchev–Trinajstić information content (AvgIpc) is 2.90. The first-order valence-electron chi connectivity index (χ1n) is 9.24. The molecule has 0 saturated carbocycles. The first kappa shape index (κ1) is 20.3. The Bertz CT molecular complexity index is 430. The molecule has 0 amide bonds. The maximum Gasteiger partial charge on any atom is 0.401 e. The summed E-state index contributed by atoms with van der Waals surface area (Å²) in [6.45, 7) is 8.65. The van der Waals surface area contributed by atoms with E-state index in [2.05, 4.69) is 34.4 Å².